The van der Waals surface area contributed by atoms with Crippen molar-refractivity contribution in [2.24, 2.45) is 0 Å². The van der Waals surface area contributed by atoms with Gasteiger partial charge in [-0.2, -0.15) is 0 Å². The highest BCUT2D eigenvalue weighted by Crippen LogP contribution is 2.32. The van der Waals surface area contributed by atoms with Crippen molar-refractivity contribution in [3.05, 3.63) is 32.5 Å². The molecule has 1 unspecified atom stereocenters. The molecule has 1 N–H and O–H groups in total. The Morgan fingerprint density at radius 3 is 2.71 bits per heavy atom. The van der Waals surface area contributed by atoms with Gasteiger partial charge in [0.15, 0.2) is 0 Å². The zero-order chi connectivity index (χ0) is 13.2. The molecule has 1 aromatic carbocycles. The molecule has 0 saturated heterocycles. The summed E-state index contributed by atoms with van der Waals surface area (Å²) in [5.74, 6) is -0.689. The fourth-order valence-electron chi connectivity index (χ4n) is 1.47. The molecular formula is C10H12BrFN2O3. The lowest BCUT2D eigenvalue weighted by atomic mass is 10.2. The van der Waals surface area contributed by atoms with Crippen LogP contribution in [0.25, 0.3) is 0 Å². The van der Waals surface area contributed by atoms with Crippen molar-refractivity contribution in [3.63, 3.8) is 0 Å². The monoisotopic (exact) mass is 306 g/mol. The summed E-state index contributed by atoms with van der Waals surface area (Å²) in [6.07, 6.45) is -0.636. The third-order valence-corrected chi connectivity index (χ3v) is 2.77. The quantitative estimate of drug-likeness (QED) is 0.685. The van der Waals surface area contributed by atoms with Gasteiger partial charge >= 0.3 is 0 Å². The van der Waals surface area contributed by atoms with Crippen molar-refractivity contribution in [3.8, 4) is 0 Å². The van der Waals surface area contributed by atoms with E-state index in [1.165, 1.54) is 11.0 Å². The highest BCUT2D eigenvalue weighted by molar-refractivity contribution is 9.10. The molecule has 7 heteroatoms. The largest absolute Gasteiger partial charge is 0.392 e. The molecule has 1 aromatic rings. The average Bonchev–Trinajstić information content (AvgIpc) is 2.19. The van der Waals surface area contributed by atoms with Crippen LogP contribution >= 0.6 is 15.9 Å². The third-order valence-electron chi connectivity index (χ3n) is 2.16. The molecule has 0 aliphatic heterocycles. The Hall–Kier alpha value is -1.21. The Morgan fingerprint density at radius 1 is 1.65 bits per heavy atom. The van der Waals surface area contributed by atoms with E-state index in [1.54, 1.807) is 14.0 Å². The van der Waals surface area contributed by atoms with Crippen LogP contribution in [-0.4, -0.2) is 29.7 Å². The standard InChI is InChI=1S/C10H12BrFN2O3/c1-6(15)5-13(2)9-3-7(11)8(12)4-10(9)14(16)17/h3-4,6,15H,5H2,1-2H3. The molecule has 0 fully saturated rings. The molecular weight excluding hydrogens is 295 g/mol. The van der Waals surface area contributed by atoms with E-state index in [-0.39, 0.29) is 22.4 Å². The minimum absolute atomic E-state index is 0.149. The summed E-state index contributed by atoms with van der Waals surface area (Å²) in [6.45, 7) is 1.79. The van der Waals surface area contributed by atoms with Gasteiger partial charge in [-0.25, -0.2) is 4.39 Å². The molecule has 0 heterocycles. The Morgan fingerprint density at radius 2 is 2.24 bits per heavy atom. The molecule has 1 atom stereocenters. The van der Waals surface area contributed by atoms with Crippen molar-refractivity contribution in [1.82, 2.24) is 0 Å². The molecule has 0 saturated carbocycles. The van der Waals surface area contributed by atoms with E-state index in [0.717, 1.165) is 6.07 Å². The van der Waals surface area contributed by atoms with Gasteiger partial charge in [0.05, 0.1) is 21.6 Å². The van der Waals surface area contributed by atoms with Crippen LogP contribution in [0.3, 0.4) is 0 Å². The molecule has 0 aliphatic carbocycles. The maximum Gasteiger partial charge on any atom is 0.295 e. The van der Waals surface area contributed by atoms with Crippen molar-refractivity contribution >= 4 is 27.3 Å². The number of nitro benzene ring substituents is 1. The zero-order valence-electron chi connectivity index (χ0n) is 9.35. The van der Waals surface area contributed by atoms with Crippen LogP contribution in [0.15, 0.2) is 16.6 Å². The van der Waals surface area contributed by atoms with Gasteiger partial charge < -0.3 is 10.0 Å². The molecule has 17 heavy (non-hydrogen) atoms. The number of benzene rings is 1. The highest BCUT2D eigenvalue weighted by atomic mass is 79.9. The lowest BCUT2D eigenvalue weighted by Gasteiger charge is -2.20. The van der Waals surface area contributed by atoms with Crippen molar-refractivity contribution in [1.29, 1.82) is 0 Å². The minimum Gasteiger partial charge on any atom is -0.392 e. The first-order chi connectivity index (χ1) is 7.82. The average molecular weight is 307 g/mol. The van der Waals surface area contributed by atoms with Crippen molar-refractivity contribution < 1.29 is 14.4 Å². The second-order valence-corrected chi connectivity index (χ2v) is 4.60. The smallest absolute Gasteiger partial charge is 0.295 e. The van der Waals surface area contributed by atoms with E-state index in [9.17, 15) is 19.6 Å². The van der Waals surface area contributed by atoms with Crippen LogP contribution < -0.4 is 4.90 Å². The van der Waals surface area contributed by atoms with Gasteiger partial charge in [0.25, 0.3) is 5.69 Å². The number of aliphatic hydroxyl groups is 1. The highest BCUT2D eigenvalue weighted by Gasteiger charge is 2.21. The Bertz CT molecular complexity index is 440. The van der Waals surface area contributed by atoms with E-state index in [0.29, 0.717) is 0 Å². The maximum atomic E-state index is 13.2. The van der Waals surface area contributed by atoms with Crippen LogP contribution in [0.5, 0.6) is 0 Å². The number of aliphatic hydroxyl groups excluding tert-OH is 1. The molecule has 0 aromatic heterocycles. The van der Waals surface area contributed by atoms with Gasteiger partial charge in [-0.15, -0.1) is 0 Å². The summed E-state index contributed by atoms with van der Waals surface area (Å²) in [5, 5.41) is 20.1. The van der Waals surface area contributed by atoms with Gasteiger partial charge in [0.2, 0.25) is 0 Å². The normalized spacial score (nSPS) is 12.3. The van der Waals surface area contributed by atoms with E-state index in [4.69, 9.17) is 0 Å². The summed E-state index contributed by atoms with van der Waals surface area (Å²) >= 11 is 2.98. The van der Waals surface area contributed by atoms with E-state index in [1.807, 2.05) is 0 Å². The Balaban J connectivity index is 3.20. The number of nitrogens with zero attached hydrogens (tertiary/aromatic N) is 2. The number of hydrogen-bond acceptors (Lipinski definition) is 4. The van der Waals surface area contributed by atoms with Gasteiger partial charge in [-0.3, -0.25) is 10.1 Å². The number of likely N-dealkylation sites (N-methyl/N-ethyl adjacent to an activating group) is 1. The lowest BCUT2D eigenvalue weighted by Crippen LogP contribution is -2.27. The first-order valence-corrected chi connectivity index (χ1v) is 5.65. The molecule has 0 amide bonds. The molecule has 0 spiro atoms. The first-order valence-electron chi connectivity index (χ1n) is 4.85. The first kappa shape index (κ1) is 13.9. The minimum atomic E-state index is -0.689. The number of anilines is 1. The molecule has 5 nitrogen and oxygen atoms in total. The number of hydrogen-bond donors (Lipinski definition) is 1. The fourth-order valence-corrected chi connectivity index (χ4v) is 1.80. The number of rotatable bonds is 4. The third kappa shape index (κ3) is 3.37. The van der Waals surface area contributed by atoms with E-state index in [2.05, 4.69) is 15.9 Å². The van der Waals surface area contributed by atoms with Crippen LogP contribution in [0.2, 0.25) is 0 Å². The molecule has 0 aliphatic rings. The summed E-state index contributed by atoms with van der Waals surface area (Å²) in [7, 11) is 1.60. The van der Waals surface area contributed by atoms with Crippen LogP contribution in [0.4, 0.5) is 15.8 Å². The fraction of sp³-hybridized carbons (Fsp3) is 0.400. The SMILES string of the molecule is CC(O)CN(C)c1cc(Br)c(F)cc1[N+](=O)[O-]. The van der Waals surface area contributed by atoms with Gasteiger partial charge in [-0.1, -0.05) is 0 Å². The maximum absolute atomic E-state index is 13.2. The van der Waals surface area contributed by atoms with Crippen LogP contribution in [0.1, 0.15) is 6.92 Å². The van der Waals surface area contributed by atoms with Crippen molar-refractivity contribution in [2.75, 3.05) is 18.5 Å². The van der Waals surface area contributed by atoms with Crippen LogP contribution in [-0.2, 0) is 0 Å². The van der Waals surface area contributed by atoms with Crippen LogP contribution in [0, 0.1) is 15.9 Å². The second kappa shape index (κ2) is 5.42. The van der Waals surface area contributed by atoms with E-state index >= 15 is 0 Å². The Kier molecular flexibility index (Phi) is 4.41. The second-order valence-electron chi connectivity index (χ2n) is 3.74. The summed E-state index contributed by atoms with van der Waals surface area (Å²) < 4.78 is 13.4. The van der Waals surface area contributed by atoms with Crippen molar-refractivity contribution in [2.45, 2.75) is 13.0 Å². The van der Waals surface area contributed by atoms with Gasteiger partial charge in [0.1, 0.15) is 11.5 Å². The summed E-state index contributed by atoms with van der Waals surface area (Å²) in [5.41, 5.74) is -0.0713. The predicted molar refractivity (Wildman–Crippen MR) is 65.7 cm³/mol. The molecule has 1 rings (SSSR count). The molecule has 0 bridgehead atoms. The molecule has 0 radical (unpaired) electrons. The topological polar surface area (TPSA) is 66.6 Å². The number of nitro groups is 1. The summed E-state index contributed by atoms with van der Waals surface area (Å²) in [6, 6.07) is 2.19. The van der Waals surface area contributed by atoms with E-state index < -0.39 is 16.8 Å². The number of halogens is 2. The predicted octanol–water partition coefficient (Wildman–Crippen LogP) is 2.31. The molecule has 94 valence electrons. The van der Waals surface area contributed by atoms with Gasteiger partial charge in [-0.05, 0) is 28.9 Å². The zero-order valence-corrected chi connectivity index (χ0v) is 10.9. The van der Waals surface area contributed by atoms with Gasteiger partial charge in [0, 0.05) is 13.6 Å². The lowest BCUT2D eigenvalue weighted by molar-refractivity contribution is -0.384. The summed E-state index contributed by atoms with van der Waals surface area (Å²) in [4.78, 5) is 11.7. The Labute approximate surface area is 106 Å².